The maximum atomic E-state index is 10.8. The topological polar surface area (TPSA) is 92.2 Å². The van der Waals surface area contributed by atoms with Crippen molar-refractivity contribution in [2.24, 2.45) is 4.40 Å². The quantitative estimate of drug-likeness (QED) is 0.479. The van der Waals surface area contributed by atoms with Gasteiger partial charge in [-0.3, -0.25) is 5.10 Å². The van der Waals surface area contributed by atoms with Crippen LogP contribution in [-0.2, 0) is 14.8 Å². The molecule has 11 heavy (non-hydrogen) atoms. The highest BCUT2D eigenvalue weighted by atomic mass is 32.2. The molecule has 0 aliphatic heterocycles. The van der Waals surface area contributed by atoms with Crippen molar-refractivity contribution >= 4 is 16.1 Å². The number of isocyanates is 1. The van der Waals surface area contributed by atoms with Gasteiger partial charge < -0.3 is 0 Å². The van der Waals surface area contributed by atoms with Crippen LogP contribution in [0.1, 0.15) is 0 Å². The molecular weight excluding hydrogens is 170 g/mol. The minimum absolute atomic E-state index is 0.221. The lowest BCUT2D eigenvalue weighted by atomic mass is 10.8. The molecule has 0 aliphatic rings. The molecule has 58 valence electrons. The number of H-pyrrole nitrogens is 1. The van der Waals surface area contributed by atoms with Crippen molar-refractivity contribution in [3.8, 4) is 0 Å². The zero-order valence-corrected chi connectivity index (χ0v) is 6.00. The Kier molecular flexibility index (Phi) is 1.84. The Morgan fingerprint density at radius 3 is 2.82 bits per heavy atom. The van der Waals surface area contributed by atoms with Crippen LogP contribution in [0.15, 0.2) is 21.7 Å². The van der Waals surface area contributed by atoms with E-state index in [1.165, 1.54) is 12.3 Å². The largest absolute Gasteiger partial charge is 0.309 e. The van der Waals surface area contributed by atoms with Gasteiger partial charge in [0.05, 0.1) is 6.20 Å². The summed E-state index contributed by atoms with van der Waals surface area (Å²) in [6.07, 6.45) is 2.18. The average molecular weight is 173 g/mol. The van der Waals surface area contributed by atoms with Crippen LogP contribution in [0.4, 0.5) is 0 Å². The lowest BCUT2D eigenvalue weighted by molar-refractivity contribution is 0.563. The van der Waals surface area contributed by atoms with Gasteiger partial charge in [-0.25, -0.2) is 4.79 Å². The van der Waals surface area contributed by atoms with Crippen LogP contribution in [0.3, 0.4) is 0 Å². The van der Waals surface area contributed by atoms with Crippen LogP contribution in [0.2, 0.25) is 0 Å². The van der Waals surface area contributed by atoms with Crippen LogP contribution in [-0.4, -0.2) is 24.7 Å². The molecule has 0 fully saturated rings. The van der Waals surface area contributed by atoms with Crippen LogP contribution in [0.5, 0.6) is 0 Å². The number of nitrogens with one attached hydrogen (secondary N) is 1. The van der Waals surface area contributed by atoms with E-state index in [2.05, 4.69) is 14.6 Å². The molecule has 0 unspecified atom stereocenters. The second kappa shape index (κ2) is 2.65. The van der Waals surface area contributed by atoms with Crippen LogP contribution in [0, 0.1) is 0 Å². The Bertz CT molecular complexity index is 373. The maximum Gasteiger partial charge on any atom is 0.309 e. The highest BCUT2D eigenvalue weighted by Gasteiger charge is 2.12. The van der Waals surface area contributed by atoms with E-state index >= 15 is 0 Å². The third-order valence-electron chi connectivity index (χ3n) is 0.911. The SMILES string of the molecule is O=C=NS(=O)(=O)c1ccn[nH]1. The molecule has 0 bridgehead atoms. The van der Waals surface area contributed by atoms with E-state index in [0.29, 0.717) is 0 Å². The van der Waals surface area contributed by atoms with Crippen molar-refractivity contribution < 1.29 is 13.2 Å². The number of hydrogen-bond acceptors (Lipinski definition) is 4. The Hall–Kier alpha value is -1.46. The van der Waals surface area contributed by atoms with E-state index < -0.39 is 10.0 Å². The van der Waals surface area contributed by atoms with Crippen molar-refractivity contribution in [1.29, 1.82) is 0 Å². The first kappa shape index (κ1) is 7.64. The van der Waals surface area contributed by atoms with E-state index in [-0.39, 0.29) is 5.03 Å². The van der Waals surface area contributed by atoms with Crippen molar-refractivity contribution in [2.75, 3.05) is 0 Å². The standard InChI is InChI=1S/C4H3N3O3S/c8-3-6-11(9,10)4-1-2-5-7-4/h1-2H,(H,5,7). The summed E-state index contributed by atoms with van der Waals surface area (Å²) in [6, 6.07) is 1.19. The van der Waals surface area contributed by atoms with Crippen molar-refractivity contribution in [1.82, 2.24) is 10.2 Å². The van der Waals surface area contributed by atoms with Gasteiger partial charge in [0.25, 0.3) is 6.08 Å². The van der Waals surface area contributed by atoms with Crippen molar-refractivity contribution in [2.45, 2.75) is 5.03 Å². The van der Waals surface area contributed by atoms with Crippen LogP contribution in [0.25, 0.3) is 0 Å². The first-order valence-corrected chi connectivity index (χ1v) is 3.94. The predicted molar refractivity (Wildman–Crippen MR) is 33.9 cm³/mol. The Labute approximate surface area is 62.0 Å². The van der Waals surface area contributed by atoms with E-state index in [1.54, 1.807) is 0 Å². The number of rotatable bonds is 2. The summed E-state index contributed by atoms with van der Waals surface area (Å²) >= 11 is 0. The lowest BCUT2D eigenvalue weighted by Crippen LogP contribution is -1.96. The third-order valence-corrected chi connectivity index (χ3v) is 2.01. The molecule has 7 heteroatoms. The first-order chi connectivity index (χ1) is 5.17. The Morgan fingerprint density at radius 1 is 1.64 bits per heavy atom. The van der Waals surface area contributed by atoms with Gasteiger partial charge in [-0.2, -0.15) is 13.5 Å². The number of aromatic amines is 1. The molecule has 6 nitrogen and oxygen atoms in total. The highest BCUT2D eigenvalue weighted by molar-refractivity contribution is 7.90. The molecule has 0 amide bonds. The molecule has 0 radical (unpaired) electrons. The van der Waals surface area contributed by atoms with E-state index in [9.17, 15) is 13.2 Å². The number of hydrogen-bond donors (Lipinski definition) is 1. The van der Waals surface area contributed by atoms with Gasteiger partial charge in [-0.15, -0.1) is 0 Å². The summed E-state index contributed by atoms with van der Waals surface area (Å²) in [5.74, 6) is 0. The number of nitrogens with zero attached hydrogens (tertiary/aromatic N) is 2. The minimum Gasteiger partial charge on any atom is -0.266 e. The Morgan fingerprint density at radius 2 is 2.36 bits per heavy atom. The molecule has 0 atom stereocenters. The summed E-state index contributed by atoms with van der Waals surface area (Å²) in [4.78, 5) is 9.61. The van der Waals surface area contributed by atoms with E-state index in [4.69, 9.17) is 0 Å². The molecule has 1 aromatic rings. The van der Waals surface area contributed by atoms with Crippen LogP contribution >= 0.6 is 0 Å². The molecule has 0 saturated heterocycles. The fourth-order valence-electron chi connectivity index (χ4n) is 0.485. The molecule has 0 saturated carbocycles. The van der Waals surface area contributed by atoms with Gasteiger partial charge in [0.15, 0.2) is 5.03 Å². The number of sulfonamides is 1. The fourth-order valence-corrected chi connectivity index (χ4v) is 1.08. The monoisotopic (exact) mass is 173 g/mol. The van der Waals surface area contributed by atoms with Gasteiger partial charge in [0.2, 0.25) is 0 Å². The number of carbonyl (C=O) groups excluding carboxylic acids is 1. The summed E-state index contributed by atoms with van der Waals surface area (Å²) in [5.41, 5.74) is 0. The van der Waals surface area contributed by atoms with Gasteiger partial charge >= 0.3 is 10.0 Å². The molecule has 1 heterocycles. The van der Waals surface area contributed by atoms with Crippen molar-refractivity contribution in [3.05, 3.63) is 12.3 Å². The van der Waals surface area contributed by atoms with Gasteiger partial charge in [0.1, 0.15) is 0 Å². The van der Waals surface area contributed by atoms with E-state index in [1.807, 2.05) is 0 Å². The van der Waals surface area contributed by atoms with Gasteiger partial charge in [0, 0.05) is 0 Å². The van der Waals surface area contributed by atoms with Gasteiger partial charge in [-0.05, 0) is 6.07 Å². The summed E-state index contributed by atoms with van der Waals surface area (Å²) < 4.78 is 24.2. The smallest absolute Gasteiger partial charge is 0.266 e. The molecule has 0 aromatic carbocycles. The minimum atomic E-state index is -3.88. The second-order valence-corrected chi connectivity index (χ2v) is 3.15. The lowest BCUT2D eigenvalue weighted by Gasteiger charge is -1.86. The molecule has 1 aromatic heterocycles. The molecule has 0 spiro atoms. The zero-order valence-electron chi connectivity index (χ0n) is 5.18. The molecule has 0 aliphatic carbocycles. The summed E-state index contributed by atoms with van der Waals surface area (Å²) in [7, 11) is -3.88. The molecule has 1 rings (SSSR count). The fraction of sp³-hybridized carbons (Fsp3) is 0. The Balaban J connectivity index is 3.22. The average Bonchev–Trinajstić information content (AvgIpc) is 2.37. The summed E-state index contributed by atoms with van der Waals surface area (Å²) in [6.45, 7) is 0. The van der Waals surface area contributed by atoms with Gasteiger partial charge in [-0.1, -0.05) is 4.40 Å². The maximum absolute atomic E-state index is 10.8. The molecule has 1 N–H and O–H groups in total. The highest BCUT2D eigenvalue weighted by Crippen LogP contribution is 2.04. The van der Waals surface area contributed by atoms with Crippen LogP contribution < -0.4 is 0 Å². The first-order valence-electron chi connectivity index (χ1n) is 2.50. The zero-order chi connectivity index (χ0) is 8.32. The second-order valence-electron chi connectivity index (χ2n) is 1.58. The van der Waals surface area contributed by atoms with E-state index in [0.717, 1.165) is 6.08 Å². The number of aromatic nitrogens is 2. The molecular formula is C4H3N3O3S. The summed E-state index contributed by atoms with van der Waals surface area (Å²) in [5, 5.41) is 5.31. The third kappa shape index (κ3) is 1.51. The predicted octanol–water partition coefficient (Wildman–Crippen LogP) is -0.566. The normalized spacial score (nSPS) is 10.5. The van der Waals surface area contributed by atoms with Crippen molar-refractivity contribution in [3.63, 3.8) is 0 Å².